The molecule has 0 spiro atoms. The normalized spacial score (nSPS) is 14.2. The van der Waals surface area contributed by atoms with Crippen LogP contribution in [0.3, 0.4) is 0 Å². The number of carbonyl (C=O) groups is 1. The van der Waals surface area contributed by atoms with Gasteiger partial charge in [0, 0.05) is 49.5 Å². The third-order valence-corrected chi connectivity index (χ3v) is 6.75. The predicted octanol–water partition coefficient (Wildman–Crippen LogP) is 4.18. The molecule has 1 N–H and O–H groups in total. The molecule has 172 valence electrons. The van der Waals surface area contributed by atoms with Crippen LogP contribution in [0.15, 0.2) is 82.8 Å². The number of piperazine rings is 1. The van der Waals surface area contributed by atoms with Gasteiger partial charge in [-0.1, -0.05) is 30.0 Å². The van der Waals surface area contributed by atoms with Crippen molar-refractivity contribution < 1.29 is 9.53 Å². The minimum Gasteiger partial charge on any atom is -0.497 e. The number of hydrogen-bond donors (Lipinski definition) is 1. The van der Waals surface area contributed by atoms with Crippen LogP contribution < -0.4 is 15.0 Å². The summed E-state index contributed by atoms with van der Waals surface area (Å²) in [4.78, 5) is 23.1. The van der Waals surface area contributed by atoms with Gasteiger partial charge < -0.3 is 15.0 Å². The molecule has 0 atom stereocenters. The molecule has 2 heterocycles. The number of anilines is 1. The topological polar surface area (TPSA) is 57.7 Å². The van der Waals surface area contributed by atoms with Crippen molar-refractivity contribution in [1.82, 2.24) is 15.2 Å². The van der Waals surface area contributed by atoms with E-state index < -0.39 is 0 Å². The molecule has 2 aromatic carbocycles. The number of amides is 1. The first-order valence-electron chi connectivity index (χ1n) is 11.3. The van der Waals surface area contributed by atoms with E-state index in [4.69, 9.17) is 4.74 Å². The van der Waals surface area contributed by atoms with Gasteiger partial charge in [-0.25, -0.2) is 4.98 Å². The molecule has 1 fully saturated rings. The Morgan fingerprint density at radius 2 is 1.76 bits per heavy atom. The SMILES string of the molecule is COc1ccc(N2CCN(CCCNC(=O)c3cccnc3Sc3ccccc3)CC2)cc1. The van der Waals surface area contributed by atoms with Gasteiger partial charge in [0.05, 0.1) is 12.7 Å². The van der Waals surface area contributed by atoms with E-state index in [1.165, 1.54) is 17.4 Å². The van der Waals surface area contributed by atoms with Crippen LogP contribution >= 0.6 is 11.8 Å². The van der Waals surface area contributed by atoms with Gasteiger partial charge in [0.2, 0.25) is 0 Å². The third kappa shape index (κ3) is 6.49. The monoisotopic (exact) mass is 462 g/mol. The van der Waals surface area contributed by atoms with Crippen molar-refractivity contribution in [2.75, 3.05) is 51.3 Å². The van der Waals surface area contributed by atoms with Crippen molar-refractivity contribution in [2.24, 2.45) is 0 Å². The summed E-state index contributed by atoms with van der Waals surface area (Å²) in [5.41, 5.74) is 1.86. The molecular formula is C26H30N4O2S. The van der Waals surface area contributed by atoms with Crippen molar-refractivity contribution in [3.63, 3.8) is 0 Å². The van der Waals surface area contributed by atoms with E-state index in [1.807, 2.05) is 54.6 Å². The fourth-order valence-corrected chi connectivity index (χ4v) is 4.77. The minimum absolute atomic E-state index is 0.0640. The summed E-state index contributed by atoms with van der Waals surface area (Å²) >= 11 is 1.51. The zero-order chi connectivity index (χ0) is 22.9. The molecule has 33 heavy (non-hydrogen) atoms. The van der Waals surface area contributed by atoms with Gasteiger partial charge in [-0.3, -0.25) is 9.69 Å². The van der Waals surface area contributed by atoms with Gasteiger partial charge in [-0.05, 0) is 61.5 Å². The molecule has 0 aliphatic carbocycles. The Hall–Kier alpha value is -3.03. The van der Waals surface area contributed by atoms with Crippen LogP contribution in [-0.4, -0.2) is 62.2 Å². The summed E-state index contributed by atoms with van der Waals surface area (Å²) in [7, 11) is 1.69. The number of aromatic nitrogens is 1. The molecular weight excluding hydrogens is 432 g/mol. The van der Waals surface area contributed by atoms with Crippen molar-refractivity contribution >= 4 is 23.4 Å². The summed E-state index contributed by atoms with van der Waals surface area (Å²) in [5.74, 6) is 0.822. The Morgan fingerprint density at radius 1 is 1.00 bits per heavy atom. The summed E-state index contributed by atoms with van der Waals surface area (Å²) in [6, 6.07) is 21.9. The predicted molar refractivity (Wildman–Crippen MR) is 133 cm³/mol. The molecule has 1 aliphatic rings. The fraction of sp³-hybridized carbons (Fsp3) is 0.308. The van der Waals surface area contributed by atoms with Gasteiger partial charge in [0.15, 0.2) is 0 Å². The van der Waals surface area contributed by atoms with Crippen molar-refractivity contribution in [1.29, 1.82) is 0 Å². The Balaban J connectivity index is 1.20. The van der Waals surface area contributed by atoms with Crippen LogP contribution in [0.1, 0.15) is 16.8 Å². The van der Waals surface area contributed by atoms with Gasteiger partial charge in [0.1, 0.15) is 10.8 Å². The highest BCUT2D eigenvalue weighted by Crippen LogP contribution is 2.28. The van der Waals surface area contributed by atoms with Crippen molar-refractivity contribution in [3.05, 3.63) is 78.5 Å². The minimum atomic E-state index is -0.0640. The first kappa shape index (κ1) is 23.1. The fourth-order valence-electron chi connectivity index (χ4n) is 3.87. The lowest BCUT2D eigenvalue weighted by atomic mass is 10.2. The highest BCUT2D eigenvalue weighted by atomic mass is 32.2. The Morgan fingerprint density at radius 3 is 2.48 bits per heavy atom. The Kier molecular flexibility index (Phi) is 8.22. The number of benzene rings is 2. The maximum absolute atomic E-state index is 12.8. The van der Waals surface area contributed by atoms with Crippen LogP contribution in [-0.2, 0) is 0 Å². The van der Waals surface area contributed by atoms with Crippen LogP contribution in [0.25, 0.3) is 0 Å². The molecule has 0 saturated carbocycles. The average Bonchev–Trinajstić information content (AvgIpc) is 2.88. The Labute approximate surface area is 200 Å². The third-order valence-electron chi connectivity index (χ3n) is 5.72. The largest absolute Gasteiger partial charge is 0.497 e. The Bertz CT molecular complexity index is 1020. The number of methoxy groups -OCH3 is 1. The molecule has 0 unspecified atom stereocenters. The second-order valence-electron chi connectivity index (χ2n) is 7.91. The molecule has 0 bridgehead atoms. The van der Waals surface area contributed by atoms with Gasteiger partial charge in [0.25, 0.3) is 5.91 Å². The summed E-state index contributed by atoms with van der Waals surface area (Å²) < 4.78 is 5.25. The quantitative estimate of drug-likeness (QED) is 0.482. The smallest absolute Gasteiger partial charge is 0.254 e. The molecule has 0 radical (unpaired) electrons. The highest BCUT2D eigenvalue weighted by molar-refractivity contribution is 7.99. The van der Waals surface area contributed by atoms with Crippen molar-refractivity contribution in [3.8, 4) is 5.75 Å². The molecule has 1 saturated heterocycles. The van der Waals surface area contributed by atoms with E-state index in [0.29, 0.717) is 12.1 Å². The molecule has 7 heteroatoms. The maximum atomic E-state index is 12.8. The number of pyridine rings is 1. The van der Waals surface area contributed by atoms with E-state index in [-0.39, 0.29) is 5.91 Å². The first-order chi connectivity index (χ1) is 16.2. The average molecular weight is 463 g/mol. The number of nitrogens with zero attached hydrogens (tertiary/aromatic N) is 3. The standard InChI is InChI=1S/C26H30N4O2S/c1-32-22-12-10-21(11-13-22)30-19-17-29(18-20-30)16-6-15-27-25(31)24-9-5-14-28-26(24)33-23-7-3-2-4-8-23/h2-5,7-14H,6,15-20H2,1H3,(H,27,31). The van der Waals surface area contributed by atoms with E-state index >= 15 is 0 Å². The molecule has 1 aromatic heterocycles. The zero-order valence-corrected chi connectivity index (χ0v) is 19.8. The van der Waals surface area contributed by atoms with E-state index in [1.54, 1.807) is 13.3 Å². The lowest BCUT2D eigenvalue weighted by molar-refractivity contribution is 0.0948. The van der Waals surface area contributed by atoms with E-state index in [2.05, 4.69) is 32.2 Å². The second kappa shape index (κ2) is 11.7. The molecule has 3 aromatic rings. The maximum Gasteiger partial charge on any atom is 0.254 e. The van der Waals surface area contributed by atoms with Crippen LogP contribution in [0.2, 0.25) is 0 Å². The van der Waals surface area contributed by atoms with Gasteiger partial charge in [-0.2, -0.15) is 0 Å². The number of rotatable bonds is 9. The second-order valence-corrected chi connectivity index (χ2v) is 8.97. The van der Waals surface area contributed by atoms with Crippen LogP contribution in [0.4, 0.5) is 5.69 Å². The lowest BCUT2D eigenvalue weighted by Crippen LogP contribution is -2.47. The highest BCUT2D eigenvalue weighted by Gasteiger charge is 2.17. The summed E-state index contributed by atoms with van der Waals surface area (Å²) in [6.45, 7) is 5.71. The van der Waals surface area contributed by atoms with E-state index in [0.717, 1.165) is 54.8 Å². The number of hydrogen-bond acceptors (Lipinski definition) is 6. The number of carbonyl (C=O) groups excluding carboxylic acids is 1. The zero-order valence-electron chi connectivity index (χ0n) is 18.9. The first-order valence-corrected chi connectivity index (χ1v) is 12.1. The molecule has 6 nitrogen and oxygen atoms in total. The van der Waals surface area contributed by atoms with Gasteiger partial charge in [-0.15, -0.1) is 0 Å². The van der Waals surface area contributed by atoms with Crippen LogP contribution in [0, 0.1) is 0 Å². The summed E-state index contributed by atoms with van der Waals surface area (Å²) in [5, 5.41) is 3.80. The van der Waals surface area contributed by atoms with E-state index in [9.17, 15) is 4.79 Å². The van der Waals surface area contributed by atoms with Gasteiger partial charge >= 0.3 is 0 Å². The molecule has 1 aliphatic heterocycles. The summed E-state index contributed by atoms with van der Waals surface area (Å²) in [6.07, 6.45) is 2.66. The molecule has 1 amide bonds. The van der Waals surface area contributed by atoms with Crippen molar-refractivity contribution in [2.45, 2.75) is 16.3 Å². The number of ether oxygens (including phenoxy) is 1. The number of nitrogens with one attached hydrogen (secondary N) is 1. The lowest BCUT2D eigenvalue weighted by Gasteiger charge is -2.36. The molecule has 4 rings (SSSR count). The van der Waals surface area contributed by atoms with Crippen LogP contribution in [0.5, 0.6) is 5.75 Å².